The molecule has 0 aromatic heterocycles. The summed E-state index contributed by atoms with van der Waals surface area (Å²) in [6, 6.07) is 8.07. The van der Waals surface area contributed by atoms with E-state index in [0.717, 1.165) is 17.7 Å². The van der Waals surface area contributed by atoms with Crippen LogP contribution in [0, 0.1) is 0 Å². The van der Waals surface area contributed by atoms with E-state index in [9.17, 15) is 4.79 Å². The number of isocyanates is 1. The van der Waals surface area contributed by atoms with Gasteiger partial charge in [-0.15, -0.1) is 0 Å². The second-order valence-corrected chi connectivity index (χ2v) is 11.5. The van der Waals surface area contributed by atoms with Gasteiger partial charge in [0.15, 0.2) is 0 Å². The predicted octanol–water partition coefficient (Wildman–Crippen LogP) is 4.34. The van der Waals surface area contributed by atoms with Gasteiger partial charge in [-0.25, -0.2) is 9.79 Å². The van der Waals surface area contributed by atoms with E-state index in [-0.39, 0.29) is 11.1 Å². The summed E-state index contributed by atoms with van der Waals surface area (Å²) in [6.45, 7) is 13.1. The van der Waals surface area contributed by atoms with E-state index in [2.05, 4.69) is 38.9 Å². The molecule has 1 aromatic carbocycles. The van der Waals surface area contributed by atoms with Crippen LogP contribution >= 0.6 is 0 Å². The van der Waals surface area contributed by atoms with E-state index < -0.39 is 8.32 Å². The van der Waals surface area contributed by atoms with Crippen LogP contribution in [0.1, 0.15) is 33.3 Å². The molecule has 0 heterocycles. The lowest BCUT2D eigenvalue weighted by Crippen LogP contribution is -2.43. The van der Waals surface area contributed by atoms with E-state index >= 15 is 0 Å². The number of rotatable bonds is 5. The predicted molar refractivity (Wildman–Crippen MR) is 85.6 cm³/mol. The van der Waals surface area contributed by atoms with Gasteiger partial charge in [-0.3, -0.25) is 0 Å². The molecule has 0 saturated carbocycles. The van der Waals surface area contributed by atoms with Gasteiger partial charge in [-0.1, -0.05) is 32.9 Å². The Bertz CT molecular complexity index is 482. The molecule has 0 bridgehead atoms. The van der Waals surface area contributed by atoms with Gasteiger partial charge in [0.2, 0.25) is 14.4 Å². The Balaban J connectivity index is 2.75. The quantitative estimate of drug-likeness (QED) is 0.460. The second-order valence-electron chi connectivity index (χ2n) is 6.78. The lowest BCUT2D eigenvalue weighted by Gasteiger charge is -2.36. The highest BCUT2D eigenvalue weighted by molar-refractivity contribution is 6.74. The smallest absolute Gasteiger partial charge is 0.250 e. The number of nitrogens with zero attached hydrogens (tertiary/aromatic N) is 1. The Morgan fingerprint density at radius 1 is 1.25 bits per heavy atom. The highest BCUT2D eigenvalue weighted by atomic mass is 28.4. The van der Waals surface area contributed by atoms with Gasteiger partial charge in [-0.2, -0.15) is 0 Å². The molecule has 0 aliphatic carbocycles. The molecule has 4 heteroatoms. The van der Waals surface area contributed by atoms with E-state index in [1.54, 1.807) is 6.08 Å². The highest BCUT2D eigenvalue weighted by Gasteiger charge is 2.38. The second kappa shape index (κ2) is 6.38. The van der Waals surface area contributed by atoms with Gasteiger partial charge in [0.05, 0.1) is 6.04 Å². The number of benzene rings is 1. The van der Waals surface area contributed by atoms with Crippen molar-refractivity contribution in [2.24, 2.45) is 4.99 Å². The van der Waals surface area contributed by atoms with Gasteiger partial charge in [-0.05, 0) is 49.2 Å². The van der Waals surface area contributed by atoms with Crippen LogP contribution in [0.25, 0.3) is 0 Å². The molecule has 0 saturated heterocycles. The Kier molecular flexibility index (Phi) is 5.32. The van der Waals surface area contributed by atoms with Crippen LogP contribution in [0.2, 0.25) is 18.1 Å². The van der Waals surface area contributed by atoms with E-state index in [0.29, 0.717) is 0 Å². The first-order valence-corrected chi connectivity index (χ1v) is 9.91. The van der Waals surface area contributed by atoms with Crippen LogP contribution in [-0.4, -0.2) is 20.4 Å². The summed E-state index contributed by atoms with van der Waals surface area (Å²) in [7, 11) is -1.78. The molecule has 20 heavy (non-hydrogen) atoms. The van der Waals surface area contributed by atoms with Gasteiger partial charge in [0.25, 0.3) is 0 Å². The minimum atomic E-state index is -1.78. The summed E-state index contributed by atoms with van der Waals surface area (Å²) in [6.07, 6.45) is 2.35. The maximum absolute atomic E-state index is 10.2. The van der Waals surface area contributed by atoms with Crippen LogP contribution < -0.4 is 4.43 Å². The molecule has 1 unspecified atom stereocenters. The minimum Gasteiger partial charge on any atom is -0.544 e. The zero-order chi connectivity index (χ0) is 15.4. The van der Waals surface area contributed by atoms with Crippen LogP contribution in [0.5, 0.6) is 5.75 Å². The number of carbonyl (C=O) groups excluding carboxylic acids is 1. The van der Waals surface area contributed by atoms with Crippen LogP contribution in [-0.2, 0) is 11.2 Å². The Labute approximate surface area is 123 Å². The fourth-order valence-corrected chi connectivity index (χ4v) is 2.65. The number of hydrogen-bond donors (Lipinski definition) is 0. The molecule has 1 atom stereocenters. The standard InChI is InChI=1S/C16H25NO2Si/c1-13(17-12-18)11-14-7-9-15(10-8-14)19-20(5,6)16(2,3)4/h7-10,13H,11H2,1-6H3. The third-order valence-corrected chi connectivity index (χ3v) is 8.27. The summed E-state index contributed by atoms with van der Waals surface area (Å²) in [5, 5.41) is 0.193. The zero-order valence-electron chi connectivity index (χ0n) is 13.4. The maximum atomic E-state index is 10.2. The molecule has 1 rings (SSSR count). The third kappa shape index (κ3) is 4.62. The molecular weight excluding hydrogens is 266 g/mol. The molecular formula is C16H25NO2Si. The fraction of sp³-hybridized carbons (Fsp3) is 0.562. The van der Waals surface area contributed by atoms with Crippen molar-refractivity contribution < 1.29 is 9.22 Å². The average molecular weight is 291 g/mol. The van der Waals surface area contributed by atoms with Crippen LogP contribution in [0.15, 0.2) is 29.3 Å². The van der Waals surface area contributed by atoms with Crippen molar-refractivity contribution in [3.8, 4) is 5.75 Å². The first-order valence-electron chi connectivity index (χ1n) is 7.00. The van der Waals surface area contributed by atoms with E-state index in [1.165, 1.54) is 0 Å². The molecule has 0 aliphatic rings. The van der Waals surface area contributed by atoms with Crippen molar-refractivity contribution in [2.45, 2.75) is 58.3 Å². The van der Waals surface area contributed by atoms with Crippen molar-refractivity contribution in [2.75, 3.05) is 0 Å². The lowest BCUT2D eigenvalue weighted by molar-refractivity contribution is 0.492. The Hall–Kier alpha value is -1.38. The monoisotopic (exact) mass is 291 g/mol. The molecule has 3 nitrogen and oxygen atoms in total. The number of hydrogen-bond acceptors (Lipinski definition) is 3. The normalized spacial score (nSPS) is 13.5. The van der Waals surface area contributed by atoms with E-state index in [1.807, 2.05) is 31.2 Å². The molecule has 1 aromatic rings. The average Bonchev–Trinajstić information content (AvgIpc) is 2.30. The zero-order valence-corrected chi connectivity index (χ0v) is 14.4. The molecule has 0 aliphatic heterocycles. The fourth-order valence-electron chi connectivity index (χ4n) is 1.62. The van der Waals surface area contributed by atoms with Crippen LogP contribution in [0.3, 0.4) is 0 Å². The molecule has 0 spiro atoms. The summed E-state index contributed by atoms with van der Waals surface area (Å²) < 4.78 is 6.23. The molecule has 0 fully saturated rings. The van der Waals surface area contributed by atoms with Crippen molar-refractivity contribution in [1.82, 2.24) is 0 Å². The van der Waals surface area contributed by atoms with Gasteiger partial charge in [0.1, 0.15) is 5.75 Å². The highest BCUT2D eigenvalue weighted by Crippen LogP contribution is 2.37. The van der Waals surface area contributed by atoms with Crippen molar-refractivity contribution in [3.05, 3.63) is 29.8 Å². The van der Waals surface area contributed by atoms with Gasteiger partial charge < -0.3 is 4.43 Å². The summed E-state index contributed by atoms with van der Waals surface area (Å²) in [5.41, 5.74) is 1.15. The summed E-state index contributed by atoms with van der Waals surface area (Å²) in [5.74, 6) is 0.923. The topological polar surface area (TPSA) is 38.7 Å². The van der Waals surface area contributed by atoms with Gasteiger partial charge in [0, 0.05) is 0 Å². The largest absolute Gasteiger partial charge is 0.544 e. The van der Waals surface area contributed by atoms with Crippen molar-refractivity contribution in [1.29, 1.82) is 0 Å². The summed E-state index contributed by atoms with van der Waals surface area (Å²) in [4.78, 5) is 13.9. The van der Waals surface area contributed by atoms with E-state index in [4.69, 9.17) is 4.43 Å². The van der Waals surface area contributed by atoms with Crippen molar-refractivity contribution in [3.63, 3.8) is 0 Å². The third-order valence-electron chi connectivity index (χ3n) is 3.91. The first kappa shape index (κ1) is 16.7. The molecule has 110 valence electrons. The first-order chi connectivity index (χ1) is 9.15. The van der Waals surface area contributed by atoms with Crippen LogP contribution in [0.4, 0.5) is 0 Å². The number of aliphatic imine (C=N–C) groups is 1. The van der Waals surface area contributed by atoms with Crippen molar-refractivity contribution >= 4 is 14.4 Å². The molecule has 0 N–H and O–H groups in total. The lowest BCUT2D eigenvalue weighted by atomic mass is 10.1. The molecule has 0 radical (unpaired) electrons. The maximum Gasteiger partial charge on any atom is 0.250 e. The SMILES string of the molecule is CC(Cc1ccc(O[Si](C)(C)C(C)(C)C)cc1)N=C=O. The van der Waals surface area contributed by atoms with Gasteiger partial charge >= 0.3 is 0 Å². The summed E-state index contributed by atoms with van der Waals surface area (Å²) >= 11 is 0. The minimum absolute atomic E-state index is 0.0281. The Morgan fingerprint density at radius 3 is 2.25 bits per heavy atom. The Morgan fingerprint density at radius 2 is 1.80 bits per heavy atom. The molecule has 0 amide bonds.